The number of halogens is 3. The Morgan fingerprint density at radius 3 is 2.28 bits per heavy atom. The van der Waals surface area contributed by atoms with Crippen LogP contribution in [0, 0.1) is 6.92 Å². The van der Waals surface area contributed by atoms with Gasteiger partial charge in [-0.2, -0.15) is 13.2 Å². The zero-order valence-corrected chi connectivity index (χ0v) is 10.3. The number of benzene rings is 1. The lowest BCUT2D eigenvalue weighted by Gasteiger charge is -2.11. The van der Waals surface area contributed by atoms with E-state index in [-0.39, 0.29) is 0 Å². The van der Waals surface area contributed by atoms with Crippen LogP contribution in [0.5, 0.6) is 0 Å². The fourth-order valence-corrected chi connectivity index (χ4v) is 2.22. The van der Waals surface area contributed by atoms with Crippen LogP contribution >= 0.6 is 11.3 Å². The highest BCUT2D eigenvalue weighted by Crippen LogP contribution is 2.30. The fraction of sp³-hybridized carbons (Fsp3) is 0.250. The quantitative estimate of drug-likeness (QED) is 0.908. The number of nitrogens with zero attached hydrogens (tertiary/aromatic N) is 1. The summed E-state index contributed by atoms with van der Waals surface area (Å²) in [6, 6.07) is 4.37. The molecule has 0 bridgehead atoms. The van der Waals surface area contributed by atoms with E-state index in [2.05, 4.69) is 4.98 Å². The van der Waals surface area contributed by atoms with E-state index < -0.39 is 17.8 Å². The Balaban J connectivity index is 2.24. The number of thiazole rings is 1. The third kappa shape index (κ3) is 2.70. The SMILES string of the molecule is Cc1nc(C(N)c2ccc(C(F)(F)F)cc2)cs1. The van der Waals surface area contributed by atoms with E-state index >= 15 is 0 Å². The highest BCUT2D eigenvalue weighted by Gasteiger charge is 2.30. The minimum absolute atomic E-state index is 0.489. The predicted octanol–water partition coefficient (Wildman–Crippen LogP) is 3.52. The zero-order valence-electron chi connectivity index (χ0n) is 9.53. The van der Waals surface area contributed by atoms with Gasteiger partial charge in [-0.05, 0) is 24.6 Å². The van der Waals surface area contributed by atoms with Crippen LogP contribution in [0.3, 0.4) is 0 Å². The van der Waals surface area contributed by atoms with Crippen molar-refractivity contribution in [3.05, 3.63) is 51.5 Å². The van der Waals surface area contributed by atoms with E-state index in [1.54, 1.807) is 0 Å². The summed E-state index contributed by atoms with van der Waals surface area (Å²) in [7, 11) is 0. The van der Waals surface area contributed by atoms with E-state index in [9.17, 15) is 13.2 Å². The summed E-state index contributed by atoms with van der Waals surface area (Å²) in [6.07, 6.45) is -4.32. The van der Waals surface area contributed by atoms with E-state index in [0.717, 1.165) is 17.1 Å². The van der Waals surface area contributed by atoms with Crippen LogP contribution in [0.1, 0.15) is 27.9 Å². The first-order chi connectivity index (χ1) is 8.38. The van der Waals surface area contributed by atoms with Gasteiger partial charge in [0.25, 0.3) is 0 Å². The number of aromatic nitrogens is 1. The molecule has 2 aromatic rings. The van der Waals surface area contributed by atoms with Crippen molar-refractivity contribution in [2.45, 2.75) is 19.1 Å². The molecule has 0 aliphatic heterocycles. The molecular formula is C12H11F3N2S. The lowest BCUT2D eigenvalue weighted by atomic mass is 10.0. The molecule has 6 heteroatoms. The van der Waals surface area contributed by atoms with Crippen LogP contribution < -0.4 is 5.73 Å². The van der Waals surface area contributed by atoms with Crippen molar-refractivity contribution < 1.29 is 13.2 Å². The molecule has 0 amide bonds. The number of rotatable bonds is 2. The molecular weight excluding hydrogens is 261 g/mol. The van der Waals surface area contributed by atoms with Gasteiger partial charge in [0.1, 0.15) is 0 Å². The average Bonchev–Trinajstić information content (AvgIpc) is 2.74. The molecule has 0 fully saturated rings. The second-order valence-electron chi connectivity index (χ2n) is 3.89. The Kier molecular flexibility index (Phi) is 3.41. The maximum Gasteiger partial charge on any atom is 0.416 e. The average molecular weight is 272 g/mol. The molecule has 0 aliphatic rings. The monoisotopic (exact) mass is 272 g/mol. The van der Waals surface area contributed by atoms with Crippen LogP contribution in [0.25, 0.3) is 0 Å². The van der Waals surface area contributed by atoms with Gasteiger partial charge in [-0.3, -0.25) is 0 Å². The first-order valence-electron chi connectivity index (χ1n) is 5.22. The second kappa shape index (κ2) is 4.70. The van der Waals surface area contributed by atoms with Crippen molar-refractivity contribution in [3.8, 4) is 0 Å². The topological polar surface area (TPSA) is 38.9 Å². The van der Waals surface area contributed by atoms with Gasteiger partial charge in [0.05, 0.1) is 22.3 Å². The Morgan fingerprint density at radius 2 is 1.83 bits per heavy atom. The van der Waals surface area contributed by atoms with Crippen LogP contribution in [0.4, 0.5) is 13.2 Å². The highest BCUT2D eigenvalue weighted by molar-refractivity contribution is 7.09. The van der Waals surface area contributed by atoms with Crippen LogP contribution in [0.15, 0.2) is 29.6 Å². The van der Waals surface area contributed by atoms with Gasteiger partial charge in [-0.25, -0.2) is 4.98 Å². The standard InChI is InChI=1S/C12H11F3N2S/c1-7-17-10(6-18-7)11(16)8-2-4-9(5-3-8)12(13,14)15/h2-6,11H,16H2,1H3. The molecule has 0 spiro atoms. The Bertz CT molecular complexity index is 531. The molecule has 96 valence electrons. The van der Waals surface area contributed by atoms with Crippen molar-refractivity contribution in [1.82, 2.24) is 4.98 Å². The zero-order chi connectivity index (χ0) is 13.3. The minimum atomic E-state index is -4.32. The molecule has 1 aromatic carbocycles. The normalized spacial score (nSPS) is 13.6. The predicted molar refractivity (Wildman–Crippen MR) is 64.3 cm³/mol. The molecule has 1 atom stereocenters. The number of alkyl halides is 3. The molecule has 1 unspecified atom stereocenters. The number of hydrogen-bond acceptors (Lipinski definition) is 3. The van der Waals surface area contributed by atoms with E-state index in [0.29, 0.717) is 11.3 Å². The van der Waals surface area contributed by atoms with Gasteiger partial charge >= 0.3 is 6.18 Å². The Morgan fingerprint density at radius 1 is 1.22 bits per heavy atom. The first kappa shape index (κ1) is 13.0. The van der Waals surface area contributed by atoms with Crippen LogP contribution in [0.2, 0.25) is 0 Å². The number of nitrogens with two attached hydrogens (primary N) is 1. The molecule has 2 nitrogen and oxygen atoms in total. The smallest absolute Gasteiger partial charge is 0.319 e. The van der Waals surface area contributed by atoms with E-state index in [1.807, 2.05) is 12.3 Å². The summed E-state index contributed by atoms with van der Waals surface area (Å²) >= 11 is 1.46. The molecule has 1 aromatic heterocycles. The molecule has 0 saturated carbocycles. The third-order valence-corrected chi connectivity index (χ3v) is 3.34. The number of hydrogen-bond donors (Lipinski definition) is 1. The Hall–Kier alpha value is -1.40. The summed E-state index contributed by atoms with van der Waals surface area (Å²) < 4.78 is 37.2. The van der Waals surface area contributed by atoms with Crippen molar-refractivity contribution >= 4 is 11.3 Å². The van der Waals surface area contributed by atoms with E-state index in [4.69, 9.17) is 5.73 Å². The maximum atomic E-state index is 12.4. The van der Waals surface area contributed by atoms with Gasteiger partial charge in [-0.15, -0.1) is 11.3 Å². The Labute approximate surface area is 106 Å². The minimum Gasteiger partial charge on any atom is -0.319 e. The lowest BCUT2D eigenvalue weighted by molar-refractivity contribution is -0.137. The molecule has 0 saturated heterocycles. The summed E-state index contributed by atoms with van der Waals surface area (Å²) in [5.41, 5.74) is 6.58. The molecule has 2 rings (SSSR count). The van der Waals surface area contributed by atoms with Crippen LogP contribution in [-0.2, 0) is 6.18 Å². The summed E-state index contributed by atoms with van der Waals surface area (Å²) in [5, 5.41) is 2.70. The third-order valence-electron chi connectivity index (χ3n) is 2.55. The van der Waals surface area contributed by atoms with Gasteiger partial charge in [0.2, 0.25) is 0 Å². The molecule has 1 heterocycles. The van der Waals surface area contributed by atoms with E-state index in [1.165, 1.54) is 23.5 Å². The maximum absolute atomic E-state index is 12.4. The van der Waals surface area contributed by atoms with Gasteiger partial charge in [0, 0.05) is 5.38 Å². The molecule has 18 heavy (non-hydrogen) atoms. The van der Waals surface area contributed by atoms with Crippen molar-refractivity contribution in [1.29, 1.82) is 0 Å². The number of aryl methyl sites for hydroxylation is 1. The van der Waals surface area contributed by atoms with Gasteiger partial charge in [0.15, 0.2) is 0 Å². The van der Waals surface area contributed by atoms with Crippen molar-refractivity contribution in [2.24, 2.45) is 5.73 Å². The molecule has 2 N–H and O–H groups in total. The summed E-state index contributed by atoms with van der Waals surface area (Å²) in [6.45, 7) is 1.85. The largest absolute Gasteiger partial charge is 0.416 e. The molecule has 0 aliphatic carbocycles. The second-order valence-corrected chi connectivity index (χ2v) is 4.95. The van der Waals surface area contributed by atoms with Crippen molar-refractivity contribution in [2.75, 3.05) is 0 Å². The van der Waals surface area contributed by atoms with Gasteiger partial charge in [-0.1, -0.05) is 12.1 Å². The van der Waals surface area contributed by atoms with Crippen LogP contribution in [-0.4, -0.2) is 4.98 Å². The lowest BCUT2D eigenvalue weighted by Crippen LogP contribution is -2.13. The first-order valence-corrected chi connectivity index (χ1v) is 6.10. The van der Waals surface area contributed by atoms with Gasteiger partial charge < -0.3 is 5.73 Å². The molecule has 0 radical (unpaired) electrons. The summed E-state index contributed by atoms with van der Waals surface area (Å²) in [4.78, 5) is 4.23. The van der Waals surface area contributed by atoms with Crippen molar-refractivity contribution in [3.63, 3.8) is 0 Å². The fourth-order valence-electron chi connectivity index (χ4n) is 1.57. The summed E-state index contributed by atoms with van der Waals surface area (Å²) in [5.74, 6) is 0. The highest BCUT2D eigenvalue weighted by atomic mass is 32.1.